The molecule has 728 valence electrons. The first-order valence-corrected chi connectivity index (χ1v) is 48.0. The van der Waals surface area contributed by atoms with Crippen LogP contribution in [0.2, 0.25) is 0 Å². The molecule has 0 aliphatic carbocycles. The molecule has 0 spiro atoms. The number of methoxy groups -OCH3 is 3. The molecule has 29 nitrogen and oxygen atoms in total. The van der Waals surface area contributed by atoms with Gasteiger partial charge < -0.3 is 24.0 Å². The average Bonchev–Trinajstić information content (AvgIpc) is 1.62. The van der Waals surface area contributed by atoms with Gasteiger partial charge in [0.15, 0.2) is 61.8 Å². The molecular weight excluding hydrogens is 1930 g/mol. The van der Waals surface area contributed by atoms with E-state index < -0.39 is 103 Å². The van der Waals surface area contributed by atoms with Crippen molar-refractivity contribution in [1.82, 2.24) is 103 Å². The molecule has 4 atom stereocenters. The van der Waals surface area contributed by atoms with Crippen LogP contribution < -0.4 is 14.2 Å². The summed E-state index contributed by atoms with van der Waals surface area (Å²) in [5.74, 6) is 1.70. The van der Waals surface area contributed by atoms with Crippen LogP contribution in [0.15, 0.2) is 160 Å². The van der Waals surface area contributed by atoms with Gasteiger partial charge in [0, 0.05) is 101 Å². The van der Waals surface area contributed by atoms with E-state index in [0.717, 1.165) is 68.9 Å². The van der Waals surface area contributed by atoms with Crippen molar-refractivity contribution in [3.63, 3.8) is 0 Å². The SMILES string of the molecule is CCC1CCCN(C(=O)c2cc3nc(-c4ccc(OC)cc4)cc(C(F)(F)F)n3n2)C1.CCCCS(=O)c1cc2nc(-c3nccs3)cc(C(F)(F)F)n2n1.CCCCS(=O)c1nc2nc(-c3ccc(OC)cc3)cc(C(F)(F)F)n2n1.CCCCS(=O)c1nc2nc(-c3nccs3)cc(C(F)(F)F)n2n1.COc1ccc(-c2cc(C(F)(F)F)n3nc(C(=O)N4CCC(C)(F)CC4)cc3n2)cc1. The molecule has 137 heavy (non-hydrogen) atoms. The van der Waals surface area contributed by atoms with Crippen molar-refractivity contribution in [3.05, 3.63) is 184 Å². The van der Waals surface area contributed by atoms with Crippen LogP contribution in [0.25, 0.3) is 83.7 Å². The molecule has 0 radical (unpaired) electrons. The van der Waals surface area contributed by atoms with Crippen LogP contribution in [-0.2, 0) is 63.3 Å². The number of aromatic nitrogens is 19. The summed E-state index contributed by atoms with van der Waals surface area (Å²) in [6.45, 7) is 10.9. The largest absolute Gasteiger partial charge is 0.497 e. The number of fused-ring (bicyclic) bond motifs is 5. The van der Waals surface area contributed by atoms with E-state index in [2.05, 4.69) is 77.3 Å². The molecule has 2 fully saturated rings. The number of likely N-dealkylation sites (tertiary alicyclic amines) is 2. The van der Waals surface area contributed by atoms with Crippen LogP contribution >= 0.6 is 22.7 Å². The minimum atomic E-state index is -4.71. The monoisotopic (exact) mass is 2020 g/mol. The molecule has 17 rings (SSSR count). The molecule has 2 aliphatic heterocycles. The van der Waals surface area contributed by atoms with Gasteiger partial charge in [-0.1, -0.05) is 53.4 Å². The highest BCUT2D eigenvalue weighted by molar-refractivity contribution is 7.85. The maximum Gasteiger partial charge on any atom is 0.433 e. The molecule has 14 heterocycles. The third kappa shape index (κ3) is 24.8. The number of carbonyl (C=O) groups is 2. The first kappa shape index (κ1) is 102. The van der Waals surface area contributed by atoms with E-state index in [0.29, 0.717) is 122 Å². The van der Waals surface area contributed by atoms with Gasteiger partial charge in [0.25, 0.3) is 23.4 Å². The third-order valence-corrected chi connectivity index (χ3v) is 26.8. The molecule has 2 amide bonds. The summed E-state index contributed by atoms with van der Waals surface area (Å²) in [6.07, 6.45) is -12.6. The quantitative estimate of drug-likeness (QED) is 0.0537. The summed E-state index contributed by atoms with van der Waals surface area (Å²) in [5.41, 5.74) is -4.74. The summed E-state index contributed by atoms with van der Waals surface area (Å²) < 4.78 is 272. The number of alkyl halides is 16. The van der Waals surface area contributed by atoms with Gasteiger partial charge in [-0.25, -0.2) is 52.8 Å². The lowest BCUT2D eigenvalue weighted by Crippen LogP contribution is -2.43. The number of hydrogen-bond donors (Lipinski definition) is 0. The second kappa shape index (κ2) is 43.1. The van der Waals surface area contributed by atoms with E-state index >= 15 is 0 Å². The predicted molar refractivity (Wildman–Crippen MR) is 476 cm³/mol. The summed E-state index contributed by atoms with van der Waals surface area (Å²) in [7, 11) is -0.0811. The zero-order chi connectivity index (χ0) is 98.8. The van der Waals surface area contributed by atoms with Gasteiger partial charge in [-0.3, -0.25) is 22.2 Å². The fourth-order valence-electron chi connectivity index (χ4n) is 14.0. The lowest BCUT2D eigenvalue weighted by molar-refractivity contribution is -0.143. The van der Waals surface area contributed by atoms with Crippen molar-refractivity contribution < 1.29 is 107 Å². The number of rotatable bonds is 23. The number of piperidine rings is 2. The third-order valence-electron chi connectivity index (χ3n) is 21.4. The van der Waals surface area contributed by atoms with Gasteiger partial charge in [-0.15, -0.1) is 32.9 Å². The molecule has 15 aromatic rings. The zero-order valence-corrected chi connectivity index (χ0v) is 78.0. The van der Waals surface area contributed by atoms with E-state index in [-0.39, 0.29) is 116 Å². The van der Waals surface area contributed by atoms with Crippen LogP contribution in [0.5, 0.6) is 17.2 Å². The number of carbonyl (C=O) groups excluding carboxylic acids is 2. The first-order chi connectivity index (χ1) is 65.0. The average molecular weight is 2020 g/mol. The Labute approximate surface area is 784 Å². The molecule has 12 aromatic heterocycles. The minimum absolute atomic E-state index is 0.00914. The molecule has 3 aromatic carbocycles. The Morgan fingerprint density at radius 1 is 0.423 bits per heavy atom. The van der Waals surface area contributed by atoms with Gasteiger partial charge in [0.1, 0.15) is 44.3 Å². The Morgan fingerprint density at radius 3 is 1.14 bits per heavy atom. The predicted octanol–water partition coefficient (Wildman–Crippen LogP) is 19.8. The van der Waals surface area contributed by atoms with Crippen molar-refractivity contribution in [2.75, 3.05) is 64.8 Å². The first-order valence-electron chi connectivity index (χ1n) is 42.3. The standard InChI is InChI=1S/C22H23F3N4O2.C21H20F4N4O2.C17H17F3N4O2S.C14H13F3N4OS2.C13H12F3N5OS2/c1-3-14-5-4-10-28(13-14)21(30)18-12-20-26-17(15-6-8-16(31-2)9-7-15)11-19(22(23,24)25)29(20)27-18;1-20(22)7-9-28(10-8-20)19(30)16-12-18-26-15(13-3-5-14(31-2)6-4-13)11-17(21(23,24)25)29(18)27-16;1-3-4-9-27(25)16-22-15-21-13(11-5-7-12(26-2)8-6-11)10-14(17(18,19)20)24(15)23-16;1-2-3-6-24(22)12-8-11-19-9(13-18-4-5-23-13)7-10(14(15,16)17)21(11)20-12;1-2-3-6-24(22)12-19-11-18-8(10-17-4-5-23-10)7-9(13(14,15)16)21(11)20-12/h6-9,11-12,14H,3-5,10,13H2,1-2H3;3-6,11-12H,7-10H2,1-2H3;5-8,10H,3-4,9H2,1-2H3;4-5,7-8H,2-3,6H2,1H3;4-5,7H,2-3,6H2,1H3. The highest BCUT2D eigenvalue weighted by Crippen LogP contribution is 2.40. The van der Waals surface area contributed by atoms with Gasteiger partial charge in [-0.2, -0.15) is 100 Å². The number of nitrogens with zero attached hydrogens (tertiary/aromatic N) is 21. The molecule has 50 heteroatoms. The van der Waals surface area contributed by atoms with Gasteiger partial charge in [-0.05, 0) is 161 Å². The van der Waals surface area contributed by atoms with Crippen LogP contribution in [0.3, 0.4) is 0 Å². The fraction of sp³-hybridized carbons (Fsp3) is 0.379. The maximum absolute atomic E-state index is 14.0. The minimum Gasteiger partial charge on any atom is -0.497 e. The van der Waals surface area contributed by atoms with Gasteiger partial charge >= 0.3 is 30.9 Å². The lowest BCUT2D eigenvalue weighted by atomic mass is 9.95. The smallest absolute Gasteiger partial charge is 0.433 e. The van der Waals surface area contributed by atoms with Crippen molar-refractivity contribution in [2.45, 2.75) is 157 Å². The van der Waals surface area contributed by atoms with Crippen LogP contribution in [0.4, 0.5) is 70.2 Å². The normalized spacial score (nSPS) is 14.9. The second-order valence-corrected chi connectivity index (χ2v) is 37.4. The van der Waals surface area contributed by atoms with Gasteiger partial charge in [0.05, 0.1) is 70.8 Å². The summed E-state index contributed by atoms with van der Waals surface area (Å²) >= 11 is 2.37. The maximum atomic E-state index is 14.0. The number of ether oxygens (including phenoxy) is 3. The van der Waals surface area contributed by atoms with Crippen molar-refractivity contribution in [3.8, 4) is 72.4 Å². The highest BCUT2D eigenvalue weighted by atomic mass is 32.2. The fourth-order valence-corrected chi connectivity index (χ4v) is 18.5. The highest BCUT2D eigenvalue weighted by Gasteiger charge is 2.42. The molecule has 0 saturated carbocycles. The Morgan fingerprint density at radius 2 is 0.766 bits per heavy atom. The molecule has 0 N–H and O–H groups in total. The van der Waals surface area contributed by atoms with Crippen LogP contribution in [0, 0.1) is 5.92 Å². The topological polar surface area (TPSA) is 322 Å². The van der Waals surface area contributed by atoms with Crippen LogP contribution in [0.1, 0.15) is 155 Å². The summed E-state index contributed by atoms with van der Waals surface area (Å²) in [6, 6.07) is 27.9. The molecule has 2 aliphatic rings. The van der Waals surface area contributed by atoms with Crippen molar-refractivity contribution >= 4 is 95.4 Å². The number of halogens is 16. The Bertz CT molecular complexity index is 6660. The number of hydrogen-bond acceptors (Lipinski definition) is 24. The molecule has 2 saturated heterocycles. The van der Waals surface area contributed by atoms with Crippen LogP contribution in [-0.4, -0.2) is 198 Å². The zero-order valence-electron chi connectivity index (χ0n) is 73.9. The Kier molecular flexibility index (Phi) is 32.1. The summed E-state index contributed by atoms with van der Waals surface area (Å²) in [5, 5.41) is 23.2. The summed E-state index contributed by atoms with van der Waals surface area (Å²) in [4.78, 5) is 65.7. The van der Waals surface area contributed by atoms with Gasteiger partial charge in [0.2, 0.25) is 10.3 Å². The van der Waals surface area contributed by atoms with E-state index in [9.17, 15) is 92.5 Å². The number of thiazole rings is 2. The second-order valence-electron chi connectivity index (χ2n) is 31.1. The Hall–Kier alpha value is -12.5. The number of unbranched alkanes of at least 4 members (excludes halogenated alkanes) is 3. The van der Waals surface area contributed by atoms with Crippen molar-refractivity contribution in [2.24, 2.45) is 5.92 Å². The van der Waals surface area contributed by atoms with E-state index in [1.165, 1.54) is 86.4 Å². The molecule has 4 unspecified atom stereocenters. The Balaban J connectivity index is 0.000000145. The van der Waals surface area contributed by atoms with E-state index in [1.807, 2.05) is 20.8 Å². The lowest BCUT2D eigenvalue weighted by Gasteiger charge is -2.33. The number of amides is 2. The number of benzene rings is 3. The molecule has 0 bridgehead atoms. The van der Waals surface area contributed by atoms with E-state index in [1.54, 1.807) is 88.5 Å². The van der Waals surface area contributed by atoms with Crippen molar-refractivity contribution in [1.29, 1.82) is 0 Å². The molecular formula is C87H85F16N21O8S5. The van der Waals surface area contributed by atoms with E-state index in [4.69, 9.17) is 14.2 Å².